The van der Waals surface area contributed by atoms with Gasteiger partial charge < -0.3 is 10.6 Å². The summed E-state index contributed by atoms with van der Waals surface area (Å²) in [5, 5.41) is 10.4. The molecule has 1 heterocycles. The van der Waals surface area contributed by atoms with E-state index in [1.54, 1.807) is 0 Å². The van der Waals surface area contributed by atoms with E-state index in [2.05, 4.69) is 21.7 Å². The Bertz CT molecular complexity index is 1180. The van der Waals surface area contributed by atoms with E-state index in [9.17, 15) is 9.59 Å². The van der Waals surface area contributed by atoms with Crippen molar-refractivity contribution in [3.8, 4) is 11.3 Å². The summed E-state index contributed by atoms with van der Waals surface area (Å²) in [6.07, 6.45) is 0.297. The number of amides is 2. The number of anilines is 2. The second-order valence-electron chi connectivity index (χ2n) is 6.70. The zero-order chi connectivity index (χ0) is 20.2. The van der Waals surface area contributed by atoms with Crippen LogP contribution in [0.3, 0.4) is 0 Å². The summed E-state index contributed by atoms with van der Waals surface area (Å²) >= 11 is 1.39. The van der Waals surface area contributed by atoms with Crippen molar-refractivity contribution < 1.29 is 9.59 Å². The van der Waals surface area contributed by atoms with E-state index in [4.69, 9.17) is 0 Å². The van der Waals surface area contributed by atoms with E-state index < -0.39 is 0 Å². The highest BCUT2D eigenvalue weighted by Crippen LogP contribution is 2.26. The number of rotatable bonds is 5. The molecule has 29 heavy (non-hydrogen) atoms. The van der Waals surface area contributed by atoms with Crippen LogP contribution in [0.5, 0.6) is 0 Å². The molecule has 2 amide bonds. The fourth-order valence-corrected chi connectivity index (χ4v) is 3.82. The Morgan fingerprint density at radius 1 is 0.931 bits per heavy atom. The first-order valence-electron chi connectivity index (χ1n) is 9.18. The second-order valence-corrected chi connectivity index (χ2v) is 7.56. The van der Waals surface area contributed by atoms with Crippen molar-refractivity contribution in [3.05, 3.63) is 77.7 Å². The molecular formula is C23H19N3O2S. The van der Waals surface area contributed by atoms with Gasteiger partial charge in [-0.3, -0.25) is 9.59 Å². The van der Waals surface area contributed by atoms with Gasteiger partial charge in [-0.05, 0) is 28.5 Å². The van der Waals surface area contributed by atoms with E-state index in [1.807, 2.05) is 66.0 Å². The largest absolute Gasteiger partial charge is 0.326 e. The monoisotopic (exact) mass is 401 g/mol. The Hall–Kier alpha value is -3.51. The van der Waals surface area contributed by atoms with Crippen LogP contribution < -0.4 is 10.6 Å². The maximum absolute atomic E-state index is 12.4. The highest BCUT2D eigenvalue weighted by atomic mass is 32.1. The van der Waals surface area contributed by atoms with Crippen LogP contribution in [0.15, 0.2) is 72.1 Å². The highest BCUT2D eigenvalue weighted by Gasteiger charge is 2.10. The molecule has 0 fully saturated rings. The zero-order valence-electron chi connectivity index (χ0n) is 15.8. The van der Waals surface area contributed by atoms with Gasteiger partial charge in [0.25, 0.3) is 0 Å². The van der Waals surface area contributed by atoms with Crippen molar-refractivity contribution in [1.29, 1.82) is 0 Å². The van der Waals surface area contributed by atoms with Crippen molar-refractivity contribution in [3.63, 3.8) is 0 Å². The average molecular weight is 401 g/mol. The number of benzene rings is 3. The molecule has 0 spiro atoms. The minimum atomic E-state index is -0.108. The normalized spacial score (nSPS) is 10.7. The fraction of sp³-hybridized carbons (Fsp3) is 0.0870. The molecule has 0 bridgehead atoms. The van der Waals surface area contributed by atoms with Crippen LogP contribution in [0.4, 0.5) is 10.8 Å². The molecule has 5 nitrogen and oxygen atoms in total. The van der Waals surface area contributed by atoms with Gasteiger partial charge in [-0.1, -0.05) is 54.6 Å². The topological polar surface area (TPSA) is 71.1 Å². The number of fused-ring (bicyclic) bond motifs is 1. The number of hydrogen-bond donors (Lipinski definition) is 2. The Morgan fingerprint density at radius 2 is 1.69 bits per heavy atom. The second kappa shape index (κ2) is 8.24. The lowest BCUT2D eigenvalue weighted by Gasteiger charge is -2.04. The van der Waals surface area contributed by atoms with Crippen LogP contribution in [0.2, 0.25) is 0 Å². The third kappa shape index (κ3) is 4.67. The molecule has 2 N–H and O–H groups in total. The summed E-state index contributed by atoms with van der Waals surface area (Å²) in [7, 11) is 0. The minimum absolute atomic E-state index is 0.0952. The Balaban J connectivity index is 1.41. The van der Waals surface area contributed by atoms with Crippen molar-refractivity contribution in [2.24, 2.45) is 0 Å². The number of carbonyl (C=O) groups is 2. The molecule has 4 aromatic rings. The molecule has 1 aromatic heterocycles. The molecule has 144 valence electrons. The molecule has 6 heteroatoms. The Labute approximate surface area is 172 Å². The lowest BCUT2D eigenvalue weighted by Crippen LogP contribution is -2.14. The standard InChI is InChI=1S/C23H19N3O2S/c1-15(27)24-20-10-8-18(9-11-20)21-14-29-23(25-21)26-22(28)13-16-6-7-17-4-2-3-5-19(17)12-16/h2-12,14H,13H2,1H3,(H,24,27)(H,25,26,28). The van der Waals surface area contributed by atoms with Gasteiger partial charge in [0.1, 0.15) is 0 Å². The smallest absolute Gasteiger partial charge is 0.230 e. The SMILES string of the molecule is CC(=O)Nc1ccc(-c2csc(NC(=O)Cc3ccc4ccccc4c3)n2)cc1. The van der Waals surface area contributed by atoms with Crippen molar-refractivity contribution in [2.45, 2.75) is 13.3 Å². The third-order valence-electron chi connectivity index (χ3n) is 4.43. The Kier molecular flexibility index (Phi) is 5.35. The summed E-state index contributed by atoms with van der Waals surface area (Å²) in [5.74, 6) is -0.204. The first kappa shape index (κ1) is 18.8. The highest BCUT2D eigenvalue weighted by molar-refractivity contribution is 7.14. The van der Waals surface area contributed by atoms with Gasteiger partial charge >= 0.3 is 0 Å². The first-order chi connectivity index (χ1) is 14.1. The molecule has 0 atom stereocenters. The quantitative estimate of drug-likeness (QED) is 0.489. The van der Waals surface area contributed by atoms with Crippen LogP contribution >= 0.6 is 11.3 Å². The van der Waals surface area contributed by atoms with E-state index in [-0.39, 0.29) is 11.8 Å². The van der Waals surface area contributed by atoms with Crippen molar-refractivity contribution in [2.75, 3.05) is 10.6 Å². The van der Waals surface area contributed by atoms with Crippen LogP contribution in [0.1, 0.15) is 12.5 Å². The predicted octanol–water partition coefficient (Wildman–Crippen LogP) is 5.10. The average Bonchev–Trinajstić information content (AvgIpc) is 3.16. The molecule has 0 saturated carbocycles. The molecule has 0 unspecified atom stereocenters. The van der Waals surface area contributed by atoms with Gasteiger partial charge in [0.15, 0.2) is 5.13 Å². The van der Waals surface area contributed by atoms with E-state index in [0.717, 1.165) is 33.3 Å². The lowest BCUT2D eigenvalue weighted by atomic mass is 10.1. The van der Waals surface area contributed by atoms with Gasteiger partial charge in [0, 0.05) is 23.6 Å². The van der Waals surface area contributed by atoms with Gasteiger partial charge in [0.2, 0.25) is 11.8 Å². The van der Waals surface area contributed by atoms with E-state index >= 15 is 0 Å². The van der Waals surface area contributed by atoms with Crippen LogP contribution in [-0.4, -0.2) is 16.8 Å². The van der Waals surface area contributed by atoms with Crippen LogP contribution in [0, 0.1) is 0 Å². The molecule has 0 aliphatic rings. The minimum Gasteiger partial charge on any atom is -0.326 e. The zero-order valence-corrected chi connectivity index (χ0v) is 16.6. The van der Waals surface area contributed by atoms with Gasteiger partial charge in [-0.25, -0.2) is 4.98 Å². The number of nitrogens with one attached hydrogen (secondary N) is 2. The third-order valence-corrected chi connectivity index (χ3v) is 5.19. The molecule has 0 radical (unpaired) electrons. The number of aromatic nitrogens is 1. The summed E-state index contributed by atoms with van der Waals surface area (Å²) in [4.78, 5) is 28.0. The maximum atomic E-state index is 12.4. The number of carbonyl (C=O) groups excluding carboxylic acids is 2. The van der Waals surface area contributed by atoms with E-state index in [1.165, 1.54) is 18.3 Å². The summed E-state index contributed by atoms with van der Waals surface area (Å²) < 4.78 is 0. The maximum Gasteiger partial charge on any atom is 0.230 e. The number of thiazole rings is 1. The summed E-state index contributed by atoms with van der Waals surface area (Å²) in [5.41, 5.74) is 3.41. The predicted molar refractivity (Wildman–Crippen MR) is 118 cm³/mol. The van der Waals surface area contributed by atoms with E-state index in [0.29, 0.717) is 11.6 Å². The Morgan fingerprint density at radius 3 is 2.45 bits per heavy atom. The molecule has 0 saturated heterocycles. The van der Waals surface area contributed by atoms with Gasteiger partial charge in [-0.15, -0.1) is 11.3 Å². The van der Waals surface area contributed by atoms with Gasteiger partial charge in [-0.2, -0.15) is 0 Å². The first-order valence-corrected chi connectivity index (χ1v) is 10.1. The molecule has 0 aliphatic carbocycles. The molecule has 0 aliphatic heterocycles. The number of nitrogens with zero attached hydrogens (tertiary/aromatic N) is 1. The van der Waals surface area contributed by atoms with Crippen LogP contribution in [0.25, 0.3) is 22.0 Å². The van der Waals surface area contributed by atoms with Crippen molar-refractivity contribution in [1.82, 2.24) is 4.98 Å². The van der Waals surface area contributed by atoms with Gasteiger partial charge in [0.05, 0.1) is 12.1 Å². The fourth-order valence-electron chi connectivity index (χ4n) is 3.09. The van der Waals surface area contributed by atoms with Crippen LogP contribution in [-0.2, 0) is 16.0 Å². The lowest BCUT2D eigenvalue weighted by molar-refractivity contribution is -0.116. The number of hydrogen-bond acceptors (Lipinski definition) is 4. The van der Waals surface area contributed by atoms with Crippen molar-refractivity contribution >= 4 is 44.7 Å². The summed E-state index contributed by atoms with van der Waals surface area (Å²) in [6.45, 7) is 1.47. The molecule has 4 rings (SSSR count). The molecular weight excluding hydrogens is 382 g/mol. The summed E-state index contributed by atoms with van der Waals surface area (Å²) in [6, 6.07) is 21.6. The molecule has 3 aromatic carbocycles.